The lowest BCUT2D eigenvalue weighted by molar-refractivity contribution is 1.49. The molecule has 0 aliphatic carbocycles. The lowest BCUT2D eigenvalue weighted by atomic mass is 10.0. The highest BCUT2D eigenvalue weighted by atomic mass is 14.8. The molecule has 1 radical (unpaired) electrons. The molecule has 0 aliphatic rings. The normalized spacial score (nSPS) is 9.79. The van der Waals surface area contributed by atoms with Gasteiger partial charge in [-0.15, -0.1) is 0 Å². The molecule has 14 heavy (non-hydrogen) atoms. The Morgan fingerprint density at radius 3 is 2.50 bits per heavy atom. The van der Waals surface area contributed by atoms with Crippen molar-refractivity contribution in [1.82, 2.24) is 0 Å². The Morgan fingerprint density at radius 2 is 1.79 bits per heavy atom. The summed E-state index contributed by atoms with van der Waals surface area (Å²) in [7, 11) is 1.91. The van der Waals surface area contributed by atoms with Gasteiger partial charge in [0.1, 0.15) is 0 Å². The first-order valence-electron chi connectivity index (χ1n) is 4.65. The van der Waals surface area contributed by atoms with Crippen molar-refractivity contribution in [2.24, 2.45) is 0 Å². The first-order chi connectivity index (χ1) is 6.92. The molecular weight excluding hydrogens is 170 g/mol. The number of anilines is 1. The Hall–Kier alpha value is -1.76. The van der Waals surface area contributed by atoms with Crippen LogP contribution in [-0.2, 0) is 0 Å². The number of para-hydroxylation sites is 1. The summed E-state index contributed by atoms with van der Waals surface area (Å²) >= 11 is 0. The number of hydrogen-bond donors (Lipinski definition) is 1. The minimum Gasteiger partial charge on any atom is -0.387 e. The molecule has 1 N–H and O–H groups in total. The minimum absolute atomic E-state index is 1.04. The second-order valence-electron chi connectivity index (χ2n) is 3.07. The van der Waals surface area contributed by atoms with Gasteiger partial charge in [-0.2, -0.15) is 0 Å². The molecule has 1 nitrogen and oxygen atoms in total. The van der Waals surface area contributed by atoms with Crippen molar-refractivity contribution >= 4 is 5.69 Å². The number of rotatable bonds is 2. The van der Waals surface area contributed by atoms with Crippen LogP contribution in [0.3, 0.4) is 0 Å². The van der Waals surface area contributed by atoms with Crippen LogP contribution in [0, 0.1) is 6.07 Å². The Kier molecular flexibility index (Phi) is 2.50. The van der Waals surface area contributed by atoms with Crippen LogP contribution < -0.4 is 5.32 Å². The molecule has 0 amide bonds. The first kappa shape index (κ1) is 8.82. The van der Waals surface area contributed by atoms with E-state index in [1.54, 1.807) is 0 Å². The summed E-state index contributed by atoms with van der Waals surface area (Å²) in [5.41, 5.74) is 3.45. The number of benzene rings is 2. The fourth-order valence-electron chi connectivity index (χ4n) is 1.50. The fraction of sp³-hybridized carbons (Fsp3) is 0.0769. The molecule has 2 aromatic carbocycles. The van der Waals surface area contributed by atoms with Gasteiger partial charge in [0, 0.05) is 24.4 Å². The van der Waals surface area contributed by atoms with Gasteiger partial charge in [-0.25, -0.2) is 0 Å². The van der Waals surface area contributed by atoms with E-state index in [0.29, 0.717) is 0 Å². The Morgan fingerprint density at radius 1 is 1.00 bits per heavy atom. The Bertz CT molecular complexity index is 407. The van der Waals surface area contributed by atoms with Crippen molar-refractivity contribution < 1.29 is 0 Å². The third-order valence-electron chi connectivity index (χ3n) is 2.19. The lowest BCUT2D eigenvalue weighted by Gasteiger charge is -2.07. The van der Waals surface area contributed by atoms with Gasteiger partial charge in [-0.1, -0.05) is 48.5 Å². The van der Waals surface area contributed by atoms with Crippen molar-refractivity contribution in [2.75, 3.05) is 12.4 Å². The van der Waals surface area contributed by atoms with Crippen LogP contribution in [0.4, 0.5) is 5.69 Å². The molecule has 0 fully saturated rings. The topological polar surface area (TPSA) is 12.0 Å². The highest BCUT2D eigenvalue weighted by molar-refractivity contribution is 5.77. The summed E-state index contributed by atoms with van der Waals surface area (Å²) in [6, 6.07) is 19.5. The molecule has 0 spiro atoms. The average molecular weight is 182 g/mol. The van der Waals surface area contributed by atoms with E-state index in [4.69, 9.17) is 0 Å². The summed E-state index contributed by atoms with van der Waals surface area (Å²) in [4.78, 5) is 0. The predicted octanol–water partition coefficient (Wildman–Crippen LogP) is 3.20. The van der Waals surface area contributed by atoms with Crippen LogP contribution in [0.25, 0.3) is 11.1 Å². The molecular formula is C13H12N. The largest absolute Gasteiger partial charge is 0.387 e. The van der Waals surface area contributed by atoms with Gasteiger partial charge in [-0.3, -0.25) is 0 Å². The van der Waals surface area contributed by atoms with Crippen LogP contribution in [-0.4, -0.2) is 7.05 Å². The predicted molar refractivity (Wildman–Crippen MR) is 60.3 cm³/mol. The number of hydrogen-bond acceptors (Lipinski definition) is 1. The monoisotopic (exact) mass is 182 g/mol. The van der Waals surface area contributed by atoms with Gasteiger partial charge < -0.3 is 5.32 Å². The summed E-state index contributed by atoms with van der Waals surface area (Å²) < 4.78 is 0. The molecule has 0 atom stereocenters. The maximum absolute atomic E-state index is 3.17. The zero-order chi connectivity index (χ0) is 9.80. The summed E-state index contributed by atoms with van der Waals surface area (Å²) in [5, 5.41) is 3.14. The van der Waals surface area contributed by atoms with E-state index in [-0.39, 0.29) is 0 Å². The van der Waals surface area contributed by atoms with Crippen LogP contribution in [0.5, 0.6) is 0 Å². The van der Waals surface area contributed by atoms with Gasteiger partial charge in [0.05, 0.1) is 0 Å². The maximum Gasteiger partial charge on any atom is 0.0497 e. The zero-order valence-corrected chi connectivity index (χ0v) is 8.12. The third-order valence-corrected chi connectivity index (χ3v) is 2.19. The smallest absolute Gasteiger partial charge is 0.0497 e. The molecule has 69 valence electrons. The molecule has 0 bridgehead atoms. The highest BCUT2D eigenvalue weighted by Crippen LogP contribution is 2.26. The van der Waals surface area contributed by atoms with E-state index >= 15 is 0 Å². The summed E-state index contributed by atoms with van der Waals surface area (Å²) in [5.74, 6) is 0. The molecule has 0 heterocycles. The first-order valence-corrected chi connectivity index (χ1v) is 4.65. The fourth-order valence-corrected chi connectivity index (χ4v) is 1.50. The Labute approximate surface area is 84.4 Å². The molecule has 0 saturated carbocycles. The van der Waals surface area contributed by atoms with E-state index in [0.717, 1.165) is 5.69 Å². The third kappa shape index (κ3) is 1.62. The molecule has 0 unspecified atom stereocenters. The molecule has 0 aromatic heterocycles. The van der Waals surface area contributed by atoms with Crippen molar-refractivity contribution in [2.45, 2.75) is 0 Å². The molecule has 0 aliphatic heterocycles. The summed E-state index contributed by atoms with van der Waals surface area (Å²) in [6.07, 6.45) is 0. The highest BCUT2D eigenvalue weighted by Gasteiger charge is 2.01. The minimum atomic E-state index is 1.04. The summed E-state index contributed by atoms with van der Waals surface area (Å²) in [6.45, 7) is 0. The molecule has 2 rings (SSSR count). The lowest BCUT2D eigenvalue weighted by Crippen LogP contribution is -1.91. The standard InChI is InChI=1S/C13H12N/c1-14-13-10-6-5-9-12(13)11-7-3-2-4-8-11/h2-9,14H,1H3. The molecule has 2 aromatic rings. The van der Waals surface area contributed by atoms with Crippen molar-refractivity contribution in [3.8, 4) is 11.1 Å². The van der Waals surface area contributed by atoms with Gasteiger partial charge in [0.2, 0.25) is 0 Å². The van der Waals surface area contributed by atoms with Gasteiger partial charge in [-0.05, 0) is 5.56 Å². The second-order valence-corrected chi connectivity index (χ2v) is 3.07. The molecule has 0 saturated heterocycles. The molecule has 1 heteroatoms. The maximum atomic E-state index is 3.17. The van der Waals surface area contributed by atoms with E-state index in [2.05, 4.69) is 29.6 Å². The SMILES string of the molecule is CNc1[c]cccc1-c1ccccc1. The van der Waals surface area contributed by atoms with Gasteiger partial charge in [0.25, 0.3) is 0 Å². The van der Waals surface area contributed by atoms with Crippen molar-refractivity contribution in [1.29, 1.82) is 0 Å². The van der Waals surface area contributed by atoms with Crippen LogP contribution in [0.1, 0.15) is 0 Å². The number of nitrogens with one attached hydrogen (secondary N) is 1. The van der Waals surface area contributed by atoms with E-state index in [1.165, 1.54) is 11.1 Å². The van der Waals surface area contributed by atoms with E-state index in [9.17, 15) is 0 Å². The van der Waals surface area contributed by atoms with E-state index in [1.807, 2.05) is 37.4 Å². The van der Waals surface area contributed by atoms with Crippen LogP contribution in [0.2, 0.25) is 0 Å². The van der Waals surface area contributed by atoms with Gasteiger partial charge >= 0.3 is 0 Å². The van der Waals surface area contributed by atoms with Gasteiger partial charge in [0.15, 0.2) is 0 Å². The zero-order valence-electron chi connectivity index (χ0n) is 8.12. The Balaban J connectivity index is 2.51. The van der Waals surface area contributed by atoms with E-state index < -0.39 is 0 Å². The van der Waals surface area contributed by atoms with Crippen LogP contribution in [0.15, 0.2) is 48.5 Å². The second kappa shape index (κ2) is 3.97. The van der Waals surface area contributed by atoms with Crippen molar-refractivity contribution in [3.05, 3.63) is 54.6 Å². The van der Waals surface area contributed by atoms with Crippen molar-refractivity contribution in [3.63, 3.8) is 0 Å². The quantitative estimate of drug-likeness (QED) is 0.752. The average Bonchev–Trinajstić information content (AvgIpc) is 2.30. The van der Waals surface area contributed by atoms with Crippen LogP contribution >= 0.6 is 0 Å².